The van der Waals surface area contributed by atoms with Crippen molar-refractivity contribution in [3.05, 3.63) is 51.5 Å². The highest BCUT2D eigenvalue weighted by atomic mass is 79.9. The second-order valence-electron chi connectivity index (χ2n) is 4.03. The van der Waals surface area contributed by atoms with E-state index in [2.05, 4.69) is 21.2 Å². The number of nitrogen functional groups attached to an aromatic ring is 1. The maximum absolute atomic E-state index is 12.2. The predicted octanol–water partition coefficient (Wildman–Crippen LogP) is 3.95. The summed E-state index contributed by atoms with van der Waals surface area (Å²) in [7, 11) is 1.55. The molecule has 0 atom stereocenters. The molecule has 0 aliphatic rings. The molecule has 0 aliphatic carbocycles. The molecule has 0 unspecified atom stereocenters. The van der Waals surface area contributed by atoms with Gasteiger partial charge in [-0.15, -0.1) is 0 Å². The highest BCUT2D eigenvalue weighted by Crippen LogP contribution is 2.26. The molecule has 0 saturated heterocycles. The first kappa shape index (κ1) is 14.7. The largest absolute Gasteiger partial charge is 0.497 e. The van der Waals surface area contributed by atoms with E-state index in [1.54, 1.807) is 43.5 Å². The molecule has 0 heterocycles. The third-order valence-corrected chi connectivity index (χ3v) is 3.49. The summed E-state index contributed by atoms with van der Waals surface area (Å²) in [6, 6.07) is 10.1. The van der Waals surface area contributed by atoms with E-state index in [-0.39, 0.29) is 5.91 Å². The van der Waals surface area contributed by atoms with E-state index in [0.29, 0.717) is 27.7 Å². The highest BCUT2D eigenvalue weighted by Gasteiger charge is 2.12. The summed E-state index contributed by atoms with van der Waals surface area (Å²) in [5, 5.41) is 3.08. The maximum atomic E-state index is 12.2. The van der Waals surface area contributed by atoms with Crippen molar-refractivity contribution in [2.45, 2.75) is 0 Å². The Hall–Kier alpha value is -1.72. The predicted molar refractivity (Wildman–Crippen MR) is 84.5 cm³/mol. The molecule has 0 spiro atoms. The zero-order valence-corrected chi connectivity index (χ0v) is 13.0. The number of nitrogens with one attached hydrogen (secondary N) is 1. The molecular weight excluding hydrogens is 344 g/mol. The Morgan fingerprint density at radius 1 is 1.30 bits per heavy atom. The summed E-state index contributed by atoms with van der Waals surface area (Å²) < 4.78 is 5.86. The van der Waals surface area contributed by atoms with E-state index in [1.165, 1.54) is 0 Å². The molecule has 0 aromatic heterocycles. The number of nitrogens with two attached hydrogens (primary N) is 1. The Balaban J connectivity index is 2.23. The number of ether oxygens (including phenoxy) is 1. The zero-order valence-electron chi connectivity index (χ0n) is 10.6. The average molecular weight is 356 g/mol. The van der Waals surface area contributed by atoms with Crippen LogP contribution in [0, 0.1) is 0 Å². The fraction of sp³-hybridized carbons (Fsp3) is 0.0714. The summed E-state index contributed by atoms with van der Waals surface area (Å²) in [6.45, 7) is 0. The monoisotopic (exact) mass is 354 g/mol. The van der Waals surface area contributed by atoms with Gasteiger partial charge in [-0.3, -0.25) is 4.79 Å². The fourth-order valence-corrected chi connectivity index (χ4v) is 2.40. The zero-order chi connectivity index (χ0) is 14.7. The van der Waals surface area contributed by atoms with Crippen LogP contribution in [0.4, 0.5) is 11.4 Å². The molecule has 0 bridgehead atoms. The minimum Gasteiger partial charge on any atom is -0.497 e. The van der Waals surface area contributed by atoms with E-state index in [4.69, 9.17) is 22.1 Å². The lowest BCUT2D eigenvalue weighted by Gasteiger charge is -2.10. The van der Waals surface area contributed by atoms with Crippen LogP contribution in [-0.4, -0.2) is 13.0 Å². The number of rotatable bonds is 3. The number of amides is 1. The van der Waals surface area contributed by atoms with E-state index >= 15 is 0 Å². The Kier molecular flexibility index (Phi) is 4.52. The molecule has 4 nitrogen and oxygen atoms in total. The van der Waals surface area contributed by atoms with Gasteiger partial charge in [-0.2, -0.15) is 0 Å². The second-order valence-corrected chi connectivity index (χ2v) is 5.35. The minimum absolute atomic E-state index is 0.320. The van der Waals surface area contributed by atoms with Crippen LogP contribution >= 0.6 is 27.5 Å². The molecule has 2 rings (SSSR count). The topological polar surface area (TPSA) is 64.3 Å². The molecule has 0 aliphatic heterocycles. The van der Waals surface area contributed by atoms with Crippen LogP contribution in [0.1, 0.15) is 10.4 Å². The van der Waals surface area contributed by atoms with Crippen LogP contribution in [-0.2, 0) is 0 Å². The molecule has 0 saturated carbocycles. The lowest BCUT2D eigenvalue weighted by Crippen LogP contribution is -2.13. The third-order valence-electron chi connectivity index (χ3n) is 2.68. The van der Waals surface area contributed by atoms with Crippen molar-refractivity contribution < 1.29 is 9.53 Å². The van der Waals surface area contributed by atoms with Crippen molar-refractivity contribution in [3.8, 4) is 5.75 Å². The molecule has 0 radical (unpaired) electrons. The molecule has 2 aromatic rings. The Morgan fingerprint density at radius 3 is 2.65 bits per heavy atom. The van der Waals surface area contributed by atoms with Crippen molar-refractivity contribution >= 4 is 44.8 Å². The summed E-state index contributed by atoms with van der Waals surface area (Å²) in [5.41, 5.74) is 7.16. The van der Waals surface area contributed by atoms with Crippen molar-refractivity contribution in [2.75, 3.05) is 18.2 Å². The number of halogens is 2. The maximum Gasteiger partial charge on any atom is 0.257 e. The number of methoxy groups -OCH3 is 1. The van der Waals surface area contributed by atoms with Gasteiger partial charge < -0.3 is 15.8 Å². The molecule has 1 amide bonds. The van der Waals surface area contributed by atoms with Gasteiger partial charge in [0.05, 0.1) is 29.1 Å². The molecule has 20 heavy (non-hydrogen) atoms. The second kappa shape index (κ2) is 6.15. The van der Waals surface area contributed by atoms with E-state index in [1.807, 2.05) is 0 Å². The van der Waals surface area contributed by atoms with Gasteiger partial charge in [-0.05, 0) is 30.3 Å². The number of anilines is 2. The average Bonchev–Trinajstić information content (AvgIpc) is 2.40. The quantitative estimate of drug-likeness (QED) is 0.820. The smallest absolute Gasteiger partial charge is 0.257 e. The summed E-state index contributed by atoms with van der Waals surface area (Å²) in [6.07, 6.45) is 0. The Morgan fingerprint density at radius 2 is 2.05 bits per heavy atom. The molecule has 104 valence electrons. The number of carbonyl (C=O) groups is 1. The first-order chi connectivity index (χ1) is 9.51. The van der Waals surface area contributed by atoms with Gasteiger partial charge in [-0.25, -0.2) is 0 Å². The highest BCUT2D eigenvalue weighted by molar-refractivity contribution is 9.10. The van der Waals surface area contributed by atoms with Crippen molar-refractivity contribution in [2.24, 2.45) is 0 Å². The molecule has 6 heteroatoms. The van der Waals surface area contributed by atoms with Gasteiger partial charge in [0, 0.05) is 10.5 Å². The van der Waals surface area contributed by atoms with Gasteiger partial charge in [0.1, 0.15) is 5.75 Å². The van der Waals surface area contributed by atoms with Crippen LogP contribution in [0.5, 0.6) is 5.75 Å². The molecular formula is C14H12BrClN2O2. The minimum atomic E-state index is -0.320. The molecule has 3 N–H and O–H groups in total. The lowest BCUT2D eigenvalue weighted by molar-refractivity contribution is 0.102. The SMILES string of the molecule is COc1ccc(NC(=O)c2ccc(Br)cc2Cl)c(N)c1. The van der Waals surface area contributed by atoms with Gasteiger partial charge >= 0.3 is 0 Å². The van der Waals surface area contributed by atoms with E-state index in [9.17, 15) is 4.79 Å². The van der Waals surface area contributed by atoms with Crippen LogP contribution in [0.2, 0.25) is 5.02 Å². The van der Waals surface area contributed by atoms with Crippen LogP contribution in [0.15, 0.2) is 40.9 Å². The first-order valence-electron chi connectivity index (χ1n) is 5.71. The van der Waals surface area contributed by atoms with Gasteiger partial charge in [0.25, 0.3) is 5.91 Å². The van der Waals surface area contributed by atoms with Crippen LogP contribution < -0.4 is 15.8 Å². The van der Waals surface area contributed by atoms with Crippen LogP contribution in [0.3, 0.4) is 0 Å². The molecule has 0 fully saturated rings. The third kappa shape index (κ3) is 3.23. The number of benzene rings is 2. The summed E-state index contributed by atoms with van der Waals surface area (Å²) in [4.78, 5) is 12.2. The van der Waals surface area contributed by atoms with Crippen molar-refractivity contribution in [1.82, 2.24) is 0 Å². The number of carbonyl (C=O) groups excluding carboxylic acids is 1. The Bertz CT molecular complexity index is 662. The van der Waals surface area contributed by atoms with Crippen LogP contribution in [0.25, 0.3) is 0 Å². The van der Waals surface area contributed by atoms with E-state index in [0.717, 1.165) is 4.47 Å². The Labute approximate surface area is 130 Å². The van der Waals surface area contributed by atoms with Gasteiger partial charge in [0.15, 0.2) is 0 Å². The van der Waals surface area contributed by atoms with Gasteiger partial charge in [0.2, 0.25) is 0 Å². The van der Waals surface area contributed by atoms with Crippen molar-refractivity contribution in [1.29, 1.82) is 0 Å². The first-order valence-corrected chi connectivity index (χ1v) is 6.88. The van der Waals surface area contributed by atoms with Crippen molar-refractivity contribution in [3.63, 3.8) is 0 Å². The fourth-order valence-electron chi connectivity index (χ4n) is 1.64. The lowest BCUT2D eigenvalue weighted by atomic mass is 10.2. The summed E-state index contributed by atoms with van der Waals surface area (Å²) >= 11 is 9.33. The molecule has 2 aromatic carbocycles. The number of hydrogen-bond donors (Lipinski definition) is 2. The standard InChI is InChI=1S/C14H12BrClN2O2/c1-20-9-3-5-13(12(17)7-9)18-14(19)10-4-2-8(15)6-11(10)16/h2-7H,17H2,1H3,(H,18,19). The normalized spacial score (nSPS) is 10.2. The summed E-state index contributed by atoms with van der Waals surface area (Å²) in [5.74, 6) is 0.307. The van der Waals surface area contributed by atoms with Gasteiger partial charge in [-0.1, -0.05) is 27.5 Å². The van der Waals surface area contributed by atoms with E-state index < -0.39 is 0 Å². The number of hydrogen-bond acceptors (Lipinski definition) is 3.